The van der Waals surface area contributed by atoms with Crippen LogP contribution in [0.25, 0.3) is 11.3 Å². The summed E-state index contributed by atoms with van der Waals surface area (Å²) in [6.45, 7) is 0. The molecule has 0 unspecified atom stereocenters. The molecule has 2 nitrogen and oxygen atoms in total. The van der Waals surface area contributed by atoms with Gasteiger partial charge in [0.25, 0.3) is 0 Å². The number of aryl methyl sites for hydroxylation is 1. The first kappa shape index (κ1) is 14.9. The molecule has 0 fully saturated rings. The Morgan fingerprint density at radius 1 is 1.17 bits per heavy atom. The van der Waals surface area contributed by atoms with Gasteiger partial charge < -0.3 is 17.3 Å². The Morgan fingerprint density at radius 3 is 2.06 bits per heavy atom. The Labute approximate surface area is 110 Å². The maximum Gasteiger partial charge on any atom is 0.673 e. The van der Waals surface area contributed by atoms with Gasteiger partial charge in [0.05, 0.1) is 0 Å². The van der Waals surface area contributed by atoms with Crippen molar-refractivity contribution in [3.8, 4) is 11.3 Å². The lowest BCUT2D eigenvalue weighted by molar-refractivity contribution is -0.662. The van der Waals surface area contributed by atoms with Crippen LogP contribution in [-0.2, 0) is 7.05 Å². The number of rotatable bonds is 1. The molecule has 9 heteroatoms. The second-order valence-electron chi connectivity index (χ2n) is 3.14. The molecule has 0 amide bonds. The molecule has 0 spiro atoms. The molecule has 0 saturated heterocycles. The number of halogens is 5. The molecule has 2 rings (SSSR count). The van der Waals surface area contributed by atoms with Crippen molar-refractivity contribution < 1.29 is 21.3 Å². The molecule has 0 aliphatic carbocycles. The predicted octanol–water partition coefficient (Wildman–Crippen LogP) is 3.59. The van der Waals surface area contributed by atoms with Crippen LogP contribution in [0.3, 0.4) is 0 Å². The van der Waals surface area contributed by atoms with Crippen molar-refractivity contribution >= 4 is 30.4 Å². The van der Waals surface area contributed by atoms with Gasteiger partial charge in [-0.1, -0.05) is 41.9 Å². The van der Waals surface area contributed by atoms with E-state index in [2.05, 4.69) is 5.10 Å². The summed E-state index contributed by atoms with van der Waals surface area (Å²) in [7, 11) is -4.12. The summed E-state index contributed by atoms with van der Waals surface area (Å²) in [5.74, 6) is 0. The predicted molar refractivity (Wildman–Crippen MR) is 63.9 cm³/mol. The van der Waals surface area contributed by atoms with Crippen molar-refractivity contribution in [1.29, 1.82) is 0 Å². The topological polar surface area (TPSA) is 16.8 Å². The van der Waals surface area contributed by atoms with E-state index >= 15 is 0 Å². The minimum Gasteiger partial charge on any atom is -0.418 e. The fourth-order valence-corrected chi connectivity index (χ4v) is 2.17. The minimum absolute atomic E-state index is 0.730. The zero-order valence-corrected chi connectivity index (χ0v) is 10.7. The van der Waals surface area contributed by atoms with E-state index in [-0.39, 0.29) is 0 Å². The molecule has 1 heterocycles. The van der Waals surface area contributed by atoms with E-state index in [1.807, 2.05) is 37.4 Å². The van der Waals surface area contributed by atoms with E-state index in [0.717, 1.165) is 15.6 Å². The van der Waals surface area contributed by atoms with E-state index in [9.17, 15) is 17.3 Å². The number of nitrogens with zero attached hydrogens (tertiary/aromatic N) is 2. The van der Waals surface area contributed by atoms with Crippen LogP contribution >= 0.6 is 23.1 Å². The van der Waals surface area contributed by atoms with Gasteiger partial charge in [-0.25, -0.2) is 0 Å². The van der Waals surface area contributed by atoms with Crippen LogP contribution < -0.4 is 4.07 Å². The Bertz CT molecular complexity index is 497. The maximum absolute atomic E-state index is 9.75. The Morgan fingerprint density at radius 2 is 1.67 bits per heavy atom. The Hall–Kier alpha value is -1.15. The van der Waals surface area contributed by atoms with Crippen LogP contribution in [0, 0.1) is 0 Å². The molecule has 1 aromatic heterocycles. The highest BCUT2D eigenvalue weighted by molar-refractivity contribution is 7.07. The standard InChI is InChI=1S/C9H8ClN2S.BF4/c1-12-11-8(9(10)13-12)7-5-3-2-4-6-7;2-1(3,4)5/h2-6H,1H3;/q+1;-1. The summed E-state index contributed by atoms with van der Waals surface area (Å²) in [5.41, 5.74) is 1.92. The van der Waals surface area contributed by atoms with Crippen LogP contribution in [0.5, 0.6) is 0 Å². The van der Waals surface area contributed by atoms with Crippen molar-refractivity contribution in [1.82, 2.24) is 5.10 Å². The number of hydrogen-bond acceptors (Lipinski definition) is 2. The molecule has 98 valence electrons. The van der Waals surface area contributed by atoms with Crippen molar-refractivity contribution in [2.45, 2.75) is 0 Å². The largest absolute Gasteiger partial charge is 0.673 e. The van der Waals surface area contributed by atoms with Gasteiger partial charge in [-0.3, -0.25) is 0 Å². The van der Waals surface area contributed by atoms with E-state index < -0.39 is 7.25 Å². The number of hydrogen-bond donors (Lipinski definition) is 0. The van der Waals surface area contributed by atoms with Gasteiger partial charge in [0, 0.05) is 10.7 Å². The molecular weight excluding hydrogens is 290 g/mol. The van der Waals surface area contributed by atoms with E-state index in [1.165, 1.54) is 11.5 Å². The summed E-state index contributed by atoms with van der Waals surface area (Å²) in [5, 5.41) is 4.28. The van der Waals surface area contributed by atoms with Gasteiger partial charge in [-0.2, -0.15) is 0 Å². The zero-order chi connectivity index (χ0) is 13.8. The lowest BCUT2D eigenvalue weighted by Crippen LogP contribution is -2.25. The number of aromatic nitrogens is 2. The quantitative estimate of drug-likeness (QED) is 0.447. The van der Waals surface area contributed by atoms with Crippen molar-refractivity contribution in [2.75, 3.05) is 0 Å². The summed E-state index contributed by atoms with van der Waals surface area (Å²) >= 11 is 7.45. The van der Waals surface area contributed by atoms with Crippen LogP contribution in [0.1, 0.15) is 0 Å². The second-order valence-corrected chi connectivity index (χ2v) is 4.86. The average Bonchev–Trinajstić information content (AvgIpc) is 2.57. The molecule has 0 bridgehead atoms. The second kappa shape index (κ2) is 6.15. The van der Waals surface area contributed by atoms with Crippen molar-refractivity contribution in [3.63, 3.8) is 0 Å². The third kappa shape index (κ3) is 5.46. The monoisotopic (exact) mass is 298 g/mol. The third-order valence-corrected chi connectivity index (χ3v) is 2.77. The minimum atomic E-state index is -6.00. The maximum atomic E-state index is 9.75. The first-order valence-electron chi connectivity index (χ1n) is 4.73. The highest BCUT2D eigenvalue weighted by atomic mass is 35.5. The van der Waals surface area contributed by atoms with Gasteiger partial charge >= 0.3 is 7.25 Å². The first-order chi connectivity index (χ1) is 8.27. The normalized spacial score (nSPS) is 10.8. The molecule has 2 aromatic rings. The lowest BCUT2D eigenvalue weighted by Gasteiger charge is -1.94. The van der Waals surface area contributed by atoms with Gasteiger partial charge in [-0.15, -0.1) is 0 Å². The average molecular weight is 299 g/mol. The van der Waals surface area contributed by atoms with Crippen molar-refractivity contribution in [2.24, 2.45) is 7.05 Å². The summed E-state index contributed by atoms with van der Waals surface area (Å²) in [6.07, 6.45) is 0. The SMILES string of the molecule is C[n+]1nc(-c2ccccc2)c(Cl)s1.F[B-](F)(F)F. The first-order valence-corrected chi connectivity index (χ1v) is 5.88. The van der Waals surface area contributed by atoms with E-state index in [4.69, 9.17) is 11.6 Å². The van der Waals surface area contributed by atoms with E-state index in [1.54, 1.807) is 4.07 Å². The van der Waals surface area contributed by atoms with Crippen LogP contribution in [0.15, 0.2) is 30.3 Å². The molecule has 0 aliphatic heterocycles. The Kier molecular flexibility index (Phi) is 5.09. The molecule has 0 aliphatic rings. The van der Waals surface area contributed by atoms with Crippen LogP contribution in [0.4, 0.5) is 17.3 Å². The Balaban J connectivity index is 0.000000280. The highest BCUT2D eigenvalue weighted by Gasteiger charge is 2.20. The molecular formula is C9H8BClF4N2S. The van der Waals surface area contributed by atoms with Gasteiger partial charge in [0.15, 0.2) is 28.6 Å². The number of benzene rings is 1. The van der Waals surface area contributed by atoms with Crippen LogP contribution in [0.2, 0.25) is 4.34 Å². The van der Waals surface area contributed by atoms with E-state index in [0.29, 0.717) is 0 Å². The molecule has 18 heavy (non-hydrogen) atoms. The van der Waals surface area contributed by atoms with Crippen LogP contribution in [-0.4, -0.2) is 12.4 Å². The molecule has 1 aromatic carbocycles. The lowest BCUT2D eigenvalue weighted by atomic mass is 10.2. The molecule has 0 N–H and O–H groups in total. The molecule has 0 saturated carbocycles. The fourth-order valence-electron chi connectivity index (χ4n) is 1.13. The van der Waals surface area contributed by atoms with Gasteiger partial charge in [0.2, 0.25) is 0 Å². The summed E-state index contributed by atoms with van der Waals surface area (Å²) in [6, 6.07) is 9.93. The third-order valence-electron chi connectivity index (χ3n) is 1.69. The van der Waals surface area contributed by atoms with Gasteiger partial charge in [-0.05, 0) is 4.07 Å². The van der Waals surface area contributed by atoms with Gasteiger partial charge in [0.1, 0.15) is 0 Å². The fraction of sp³-hybridized carbons (Fsp3) is 0.111. The summed E-state index contributed by atoms with van der Waals surface area (Å²) in [4.78, 5) is 0. The van der Waals surface area contributed by atoms with Crippen molar-refractivity contribution in [3.05, 3.63) is 34.7 Å². The summed E-state index contributed by atoms with van der Waals surface area (Å²) < 4.78 is 41.5. The highest BCUT2D eigenvalue weighted by Crippen LogP contribution is 2.26. The zero-order valence-electron chi connectivity index (χ0n) is 9.16. The molecule has 0 atom stereocenters. The smallest absolute Gasteiger partial charge is 0.418 e. The molecule has 0 radical (unpaired) electrons.